The summed E-state index contributed by atoms with van der Waals surface area (Å²) in [5, 5.41) is 2.94. The molecule has 0 aliphatic carbocycles. The molecule has 1 aromatic rings. The molecule has 1 aromatic carbocycles. The molecule has 0 saturated heterocycles. The van der Waals surface area contributed by atoms with E-state index in [1.807, 2.05) is 38.1 Å². The maximum atomic E-state index is 11.9. The number of benzene rings is 1. The predicted octanol–water partition coefficient (Wildman–Crippen LogP) is 1.58. The topological polar surface area (TPSA) is 64.3 Å². The summed E-state index contributed by atoms with van der Waals surface area (Å²) in [6, 6.07) is 7.84. The standard InChI is InChI=1S/C15H24N2O2/c1-11(2)13(10-16)15(18)17-9-8-12-6-4-5-7-14(12)19-3/h4-7,11,13H,8-10,16H2,1-3H3,(H,17,18). The van der Waals surface area contributed by atoms with Crippen LogP contribution in [0.15, 0.2) is 24.3 Å². The zero-order valence-corrected chi connectivity index (χ0v) is 12.0. The van der Waals surface area contributed by atoms with Crippen molar-refractivity contribution in [3.8, 4) is 5.75 Å². The summed E-state index contributed by atoms with van der Waals surface area (Å²) in [7, 11) is 1.65. The van der Waals surface area contributed by atoms with Gasteiger partial charge in [-0.05, 0) is 24.0 Å². The summed E-state index contributed by atoms with van der Waals surface area (Å²) >= 11 is 0. The highest BCUT2D eigenvalue weighted by Gasteiger charge is 2.19. The quantitative estimate of drug-likeness (QED) is 0.786. The highest BCUT2D eigenvalue weighted by atomic mass is 16.5. The number of rotatable bonds is 7. The minimum absolute atomic E-state index is 0.0346. The minimum Gasteiger partial charge on any atom is -0.496 e. The molecule has 0 heterocycles. The molecule has 0 fully saturated rings. The van der Waals surface area contributed by atoms with Gasteiger partial charge in [0, 0.05) is 13.1 Å². The van der Waals surface area contributed by atoms with Crippen LogP contribution in [0.5, 0.6) is 5.75 Å². The first-order valence-electron chi connectivity index (χ1n) is 6.69. The lowest BCUT2D eigenvalue weighted by molar-refractivity contribution is -0.125. The van der Waals surface area contributed by atoms with Crippen molar-refractivity contribution < 1.29 is 9.53 Å². The highest BCUT2D eigenvalue weighted by molar-refractivity contribution is 5.79. The van der Waals surface area contributed by atoms with Crippen molar-refractivity contribution >= 4 is 5.91 Å². The normalized spacial score (nSPS) is 12.3. The third kappa shape index (κ3) is 4.56. The Kier molecular flexibility index (Phi) is 6.36. The molecular weight excluding hydrogens is 240 g/mol. The van der Waals surface area contributed by atoms with Crippen molar-refractivity contribution in [2.45, 2.75) is 20.3 Å². The van der Waals surface area contributed by atoms with Gasteiger partial charge >= 0.3 is 0 Å². The molecule has 0 aromatic heterocycles. The van der Waals surface area contributed by atoms with E-state index >= 15 is 0 Å². The van der Waals surface area contributed by atoms with E-state index in [-0.39, 0.29) is 17.7 Å². The number of amides is 1. The fourth-order valence-corrected chi connectivity index (χ4v) is 2.04. The molecule has 1 atom stereocenters. The Balaban J connectivity index is 2.48. The van der Waals surface area contributed by atoms with E-state index in [9.17, 15) is 4.79 Å². The second-order valence-electron chi connectivity index (χ2n) is 4.94. The molecule has 3 N–H and O–H groups in total. The van der Waals surface area contributed by atoms with Gasteiger partial charge in [-0.3, -0.25) is 4.79 Å². The summed E-state index contributed by atoms with van der Waals surface area (Å²) in [6.07, 6.45) is 0.755. The van der Waals surface area contributed by atoms with Crippen molar-refractivity contribution in [1.82, 2.24) is 5.32 Å². The van der Waals surface area contributed by atoms with E-state index in [1.165, 1.54) is 0 Å². The second-order valence-corrected chi connectivity index (χ2v) is 4.94. The molecular formula is C15H24N2O2. The summed E-state index contributed by atoms with van der Waals surface area (Å²) in [4.78, 5) is 11.9. The molecule has 1 unspecified atom stereocenters. The average molecular weight is 264 g/mol. The fraction of sp³-hybridized carbons (Fsp3) is 0.533. The van der Waals surface area contributed by atoms with Crippen LogP contribution in [0.3, 0.4) is 0 Å². The van der Waals surface area contributed by atoms with Crippen LogP contribution in [0, 0.1) is 11.8 Å². The first-order chi connectivity index (χ1) is 9.10. The molecule has 106 valence electrons. The SMILES string of the molecule is COc1ccccc1CCNC(=O)C(CN)C(C)C. The van der Waals surface area contributed by atoms with Gasteiger partial charge in [-0.15, -0.1) is 0 Å². The van der Waals surface area contributed by atoms with E-state index in [2.05, 4.69) is 5.32 Å². The highest BCUT2D eigenvalue weighted by Crippen LogP contribution is 2.17. The van der Waals surface area contributed by atoms with Crippen molar-refractivity contribution in [3.05, 3.63) is 29.8 Å². The first kappa shape index (κ1) is 15.5. The lowest BCUT2D eigenvalue weighted by Gasteiger charge is -2.18. The van der Waals surface area contributed by atoms with E-state index in [0.717, 1.165) is 17.7 Å². The molecule has 1 rings (SSSR count). The third-order valence-electron chi connectivity index (χ3n) is 3.28. The van der Waals surface area contributed by atoms with Gasteiger partial charge in [0.1, 0.15) is 5.75 Å². The van der Waals surface area contributed by atoms with Gasteiger partial charge in [0.25, 0.3) is 0 Å². The number of hydrogen-bond donors (Lipinski definition) is 2. The van der Waals surface area contributed by atoms with Gasteiger partial charge in [0.05, 0.1) is 13.0 Å². The molecule has 1 amide bonds. The van der Waals surface area contributed by atoms with Gasteiger partial charge < -0.3 is 15.8 Å². The van der Waals surface area contributed by atoms with Crippen molar-refractivity contribution in [2.24, 2.45) is 17.6 Å². The Hall–Kier alpha value is -1.55. The van der Waals surface area contributed by atoms with Crippen molar-refractivity contribution in [2.75, 3.05) is 20.2 Å². The number of carbonyl (C=O) groups is 1. The lowest BCUT2D eigenvalue weighted by Crippen LogP contribution is -2.38. The van der Waals surface area contributed by atoms with E-state index < -0.39 is 0 Å². The van der Waals surface area contributed by atoms with Gasteiger partial charge in [0.2, 0.25) is 5.91 Å². The third-order valence-corrected chi connectivity index (χ3v) is 3.28. The van der Waals surface area contributed by atoms with Crippen LogP contribution in [0.2, 0.25) is 0 Å². The smallest absolute Gasteiger partial charge is 0.224 e. The number of carbonyl (C=O) groups excluding carboxylic acids is 1. The Morgan fingerprint density at radius 2 is 2.05 bits per heavy atom. The molecule has 0 bridgehead atoms. The zero-order valence-electron chi connectivity index (χ0n) is 12.0. The van der Waals surface area contributed by atoms with Crippen LogP contribution in [-0.2, 0) is 11.2 Å². The molecule has 0 radical (unpaired) electrons. The molecule has 0 aliphatic heterocycles. The van der Waals surface area contributed by atoms with Gasteiger partial charge in [-0.2, -0.15) is 0 Å². The Labute approximate surface area is 115 Å². The number of nitrogens with one attached hydrogen (secondary N) is 1. The Morgan fingerprint density at radius 1 is 1.37 bits per heavy atom. The van der Waals surface area contributed by atoms with Crippen molar-refractivity contribution in [3.63, 3.8) is 0 Å². The van der Waals surface area contributed by atoms with Crippen LogP contribution in [0.1, 0.15) is 19.4 Å². The number of nitrogens with two attached hydrogens (primary N) is 1. The van der Waals surface area contributed by atoms with Crippen LogP contribution in [-0.4, -0.2) is 26.1 Å². The van der Waals surface area contributed by atoms with E-state index in [4.69, 9.17) is 10.5 Å². The van der Waals surface area contributed by atoms with Crippen LogP contribution < -0.4 is 15.8 Å². The van der Waals surface area contributed by atoms with E-state index in [1.54, 1.807) is 7.11 Å². The van der Waals surface area contributed by atoms with Crippen LogP contribution in [0.25, 0.3) is 0 Å². The maximum Gasteiger partial charge on any atom is 0.224 e. The molecule has 4 heteroatoms. The first-order valence-corrected chi connectivity index (χ1v) is 6.69. The largest absolute Gasteiger partial charge is 0.496 e. The molecule has 0 saturated carbocycles. The molecule has 19 heavy (non-hydrogen) atoms. The Morgan fingerprint density at radius 3 is 2.63 bits per heavy atom. The molecule has 4 nitrogen and oxygen atoms in total. The summed E-state index contributed by atoms with van der Waals surface area (Å²) in [5.74, 6) is 1.04. The van der Waals surface area contributed by atoms with E-state index in [0.29, 0.717) is 13.1 Å². The zero-order chi connectivity index (χ0) is 14.3. The van der Waals surface area contributed by atoms with Gasteiger partial charge in [-0.25, -0.2) is 0 Å². The number of para-hydroxylation sites is 1. The summed E-state index contributed by atoms with van der Waals surface area (Å²) in [5.41, 5.74) is 6.72. The van der Waals surface area contributed by atoms with Gasteiger partial charge in [-0.1, -0.05) is 32.0 Å². The van der Waals surface area contributed by atoms with Crippen LogP contribution >= 0.6 is 0 Å². The molecule has 0 spiro atoms. The maximum absolute atomic E-state index is 11.9. The van der Waals surface area contributed by atoms with Crippen molar-refractivity contribution in [1.29, 1.82) is 0 Å². The minimum atomic E-state index is -0.113. The Bertz CT molecular complexity index is 405. The number of ether oxygens (including phenoxy) is 1. The van der Waals surface area contributed by atoms with Crippen LogP contribution in [0.4, 0.5) is 0 Å². The number of hydrogen-bond acceptors (Lipinski definition) is 3. The second kappa shape index (κ2) is 7.79. The summed E-state index contributed by atoms with van der Waals surface area (Å²) < 4.78 is 5.28. The molecule has 0 aliphatic rings. The monoisotopic (exact) mass is 264 g/mol. The lowest BCUT2D eigenvalue weighted by atomic mass is 9.95. The predicted molar refractivity (Wildman–Crippen MR) is 77.1 cm³/mol. The fourth-order valence-electron chi connectivity index (χ4n) is 2.04. The number of methoxy groups -OCH3 is 1. The average Bonchev–Trinajstić information content (AvgIpc) is 2.39. The van der Waals surface area contributed by atoms with Gasteiger partial charge in [0.15, 0.2) is 0 Å². The summed E-state index contributed by atoms with van der Waals surface area (Å²) in [6.45, 7) is 5.01.